The predicted octanol–water partition coefficient (Wildman–Crippen LogP) is 3.40. The summed E-state index contributed by atoms with van der Waals surface area (Å²) in [7, 11) is -4.61. The molecular weight excluding hydrogens is 655 g/mol. The number of likely N-dealkylation sites (N-methyl/N-ethyl adjacent to an activating group) is 1. The first-order valence-corrected chi connectivity index (χ1v) is 18.9. The molecule has 0 radical (unpaired) electrons. The summed E-state index contributed by atoms with van der Waals surface area (Å²) in [5.41, 5.74) is 0.258. The highest BCUT2D eigenvalue weighted by atomic mass is 32.2. The van der Waals surface area contributed by atoms with Crippen molar-refractivity contribution in [2.45, 2.75) is 67.5 Å². The van der Waals surface area contributed by atoms with Gasteiger partial charge >= 0.3 is 0 Å². The summed E-state index contributed by atoms with van der Waals surface area (Å²) < 4.78 is 70.5. The Labute approximate surface area is 275 Å². The van der Waals surface area contributed by atoms with Crippen molar-refractivity contribution in [3.63, 3.8) is 0 Å². The highest BCUT2D eigenvalue weighted by Crippen LogP contribution is 2.30. The van der Waals surface area contributed by atoms with Crippen LogP contribution in [-0.4, -0.2) is 98.2 Å². The number of nitrogens with one attached hydrogen (secondary N) is 1. The number of hydrogen-bond donors (Lipinski definition) is 2. The van der Waals surface area contributed by atoms with E-state index in [1.165, 1.54) is 45.5 Å². The van der Waals surface area contributed by atoms with Crippen LogP contribution in [0.4, 0.5) is 5.69 Å². The van der Waals surface area contributed by atoms with Crippen LogP contribution < -0.4 is 9.46 Å². The van der Waals surface area contributed by atoms with Gasteiger partial charge in [-0.15, -0.1) is 11.3 Å². The second kappa shape index (κ2) is 15.3. The number of ether oxygens (including phenoxy) is 2. The van der Waals surface area contributed by atoms with E-state index in [1.54, 1.807) is 37.6 Å². The summed E-state index contributed by atoms with van der Waals surface area (Å²) >= 11 is 1.14. The molecular formula is C30H43N5O8S3. The van der Waals surface area contributed by atoms with E-state index in [2.05, 4.69) is 9.71 Å². The molecule has 0 saturated heterocycles. The maximum atomic E-state index is 14.3. The van der Waals surface area contributed by atoms with Crippen LogP contribution in [0.3, 0.4) is 0 Å². The molecule has 4 rings (SSSR count). The number of aryl methyl sites for hydroxylation is 1. The second-order valence-electron chi connectivity index (χ2n) is 11.7. The molecule has 2 aromatic heterocycles. The third-order valence-corrected chi connectivity index (χ3v) is 12.3. The lowest BCUT2D eigenvalue weighted by Crippen LogP contribution is -2.48. The van der Waals surface area contributed by atoms with Crippen molar-refractivity contribution in [3.8, 4) is 5.75 Å². The Balaban J connectivity index is 1.68. The Morgan fingerprint density at radius 2 is 1.96 bits per heavy atom. The van der Waals surface area contributed by atoms with Crippen molar-refractivity contribution >= 4 is 43.0 Å². The van der Waals surface area contributed by atoms with Gasteiger partial charge in [-0.1, -0.05) is 13.0 Å². The molecule has 1 amide bonds. The van der Waals surface area contributed by atoms with Crippen LogP contribution in [-0.2, 0) is 31.8 Å². The lowest BCUT2D eigenvalue weighted by molar-refractivity contribution is -0.00832. The first-order valence-electron chi connectivity index (χ1n) is 15.1. The first-order chi connectivity index (χ1) is 21.7. The zero-order valence-electron chi connectivity index (χ0n) is 26.7. The van der Waals surface area contributed by atoms with E-state index in [0.29, 0.717) is 13.0 Å². The fraction of sp³-hybridized carbons (Fsp3) is 0.533. The maximum Gasteiger partial charge on any atom is 0.280 e. The largest absolute Gasteiger partial charge is 0.490 e. The molecule has 0 fully saturated rings. The fourth-order valence-corrected chi connectivity index (χ4v) is 8.52. The molecule has 2 N–H and O–H groups in total. The summed E-state index contributed by atoms with van der Waals surface area (Å²) in [4.78, 5) is 19.7. The summed E-state index contributed by atoms with van der Waals surface area (Å²) in [6.45, 7) is 5.71. The quantitative estimate of drug-likeness (QED) is 0.342. The number of sulfonamides is 2. The van der Waals surface area contributed by atoms with E-state index in [1.807, 2.05) is 13.8 Å². The van der Waals surface area contributed by atoms with Gasteiger partial charge in [0.2, 0.25) is 0 Å². The predicted molar refractivity (Wildman–Crippen MR) is 175 cm³/mol. The van der Waals surface area contributed by atoms with Gasteiger partial charge < -0.3 is 24.0 Å². The normalized spacial score (nSPS) is 21.3. The highest BCUT2D eigenvalue weighted by Gasteiger charge is 2.33. The van der Waals surface area contributed by atoms with E-state index in [9.17, 15) is 26.7 Å². The standard InChI is InChI=1S/C30H43N5O8S3/c1-21-16-35(22(2)19-36)30(37)25-15-24(32-45(38,39)28-18-33(4)20-31-28)11-12-26(25)43-23(3)9-6-7-13-42-27(21)17-34(5)46(40,41)29-10-8-14-44-29/h8,10-12,14-15,18,20-23,27,32,36H,6-7,9,13,16-17,19H2,1-5H3/t21-,22+,23+,27-/m1/s1. The minimum Gasteiger partial charge on any atom is -0.490 e. The number of aliphatic hydroxyl groups excluding tert-OH is 1. The van der Waals surface area contributed by atoms with Crippen molar-refractivity contribution in [2.24, 2.45) is 13.0 Å². The fourth-order valence-electron chi connectivity index (χ4n) is 5.10. The van der Waals surface area contributed by atoms with Gasteiger partial charge in [-0.3, -0.25) is 9.52 Å². The van der Waals surface area contributed by atoms with Gasteiger partial charge in [0.05, 0.1) is 36.7 Å². The third kappa shape index (κ3) is 8.66. The number of aromatic nitrogens is 2. The third-order valence-electron chi connectivity index (χ3n) is 7.86. The smallest absolute Gasteiger partial charge is 0.280 e. The summed E-state index contributed by atoms with van der Waals surface area (Å²) in [5.74, 6) is -0.548. The van der Waals surface area contributed by atoms with Crippen molar-refractivity contribution in [1.29, 1.82) is 0 Å². The average Bonchev–Trinajstić information content (AvgIpc) is 3.71. The van der Waals surface area contributed by atoms with Crippen LogP contribution in [0.2, 0.25) is 0 Å². The molecule has 254 valence electrons. The summed E-state index contributed by atoms with van der Waals surface area (Å²) in [6.07, 6.45) is 4.05. The van der Waals surface area contributed by atoms with Crippen molar-refractivity contribution < 1.29 is 36.2 Å². The van der Waals surface area contributed by atoms with Crippen LogP contribution in [0.5, 0.6) is 5.75 Å². The van der Waals surface area contributed by atoms with Crippen LogP contribution in [0.25, 0.3) is 0 Å². The zero-order chi connectivity index (χ0) is 33.6. The van der Waals surface area contributed by atoms with Crippen molar-refractivity contribution in [3.05, 3.63) is 53.8 Å². The first kappa shape index (κ1) is 35.8. The second-order valence-corrected chi connectivity index (χ2v) is 16.6. The molecule has 0 spiro atoms. The Hall–Kier alpha value is -3.02. The number of thiophene rings is 1. The minimum atomic E-state index is -4.04. The number of anilines is 1. The molecule has 0 unspecified atom stereocenters. The molecule has 0 bridgehead atoms. The van der Waals surface area contributed by atoms with E-state index in [4.69, 9.17) is 9.47 Å². The van der Waals surface area contributed by atoms with E-state index in [-0.39, 0.29) is 58.0 Å². The number of rotatable bonds is 9. The minimum absolute atomic E-state index is 0.0620. The number of nitrogens with zero attached hydrogens (tertiary/aromatic N) is 4. The number of amides is 1. The van der Waals surface area contributed by atoms with Crippen LogP contribution in [0.1, 0.15) is 50.4 Å². The Bertz CT molecular complexity index is 1680. The summed E-state index contributed by atoms with van der Waals surface area (Å²) in [6, 6.07) is 7.13. The van der Waals surface area contributed by atoms with Crippen LogP contribution >= 0.6 is 11.3 Å². The monoisotopic (exact) mass is 697 g/mol. The van der Waals surface area contributed by atoms with Gasteiger partial charge in [0.1, 0.15) is 9.96 Å². The van der Waals surface area contributed by atoms with Gasteiger partial charge in [-0.25, -0.2) is 13.4 Å². The molecule has 4 atom stereocenters. The van der Waals surface area contributed by atoms with Gasteiger partial charge in [-0.05, 0) is 62.8 Å². The lowest BCUT2D eigenvalue weighted by Gasteiger charge is -2.35. The molecule has 0 aliphatic carbocycles. The zero-order valence-corrected chi connectivity index (χ0v) is 29.1. The molecule has 13 nitrogen and oxygen atoms in total. The number of fused-ring (bicyclic) bond motifs is 1. The van der Waals surface area contributed by atoms with E-state index < -0.39 is 38.1 Å². The maximum absolute atomic E-state index is 14.3. The number of carbonyl (C=O) groups excluding carboxylic acids is 1. The molecule has 1 aliphatic rings. The van der Waals surface area contributed by atoms with Crippen molar-refractivity contribution in [1.82, 2.24) is 18.8 Å². The van der Waals surface area contributed by atoms with Gasteiger partial charge in [0.25, 0.3) is 26.0 Å². The van der Waals surface area contributed by atoms with E-state index >= 15 is 0 Å². The molecule has 1 aliphatic heterocycles. The van der Waals surface area contributed by atoms with Gasteiger partial charge in [0, 0.05) is 51.6 Å². The van der Waals surface area contributed by atoms with Gasteiger partial charge in [-0.2, -0.15) is 12.7 Å². The number of aliphatic hydroxyl groups is 1. The topological polar surface area (TPSA) is 160 Å². The number of benzene rings is 1. The molecule has 16 heteroatoms. The molecule has 3 heterocycles. The Morgan fingerprint density at radius 3 is 2.61 bits per heavy atom. The SMILES string of the molecule is C[C@@H]1CN([C@@H](C)CO)C(=O)c2cc(NS(=O)(=O)c3cn(C)cn3)ccc2O[C@@H](C)CCCCO[C@@H]1CN(C)S(=O)(=O)c1cccs1. The van der Waals surface area contributed by atoms with Crippen LogP contribution in [0.15, 0.2) is 57.5 Å². The number of carbonyl (C=O) groups is 1. The highest BCUT2D eigenvalue weighted by molar-refractivity contribution is 7.92. The van der Waals surface area contributed by atoms with Crippen LogP contribution in [0, 0.1) is 5.92 Å². The molecule has 1 aromatic carbocycles. The molecule has 46 heavy (non-hydrogen) atoms. The number of hydrogen-bond acceptors (Lipinski definition) is 10. The van der Waals surface area contributed by atoms with Crippen molar-refractivity contribution in [2.75, 3.05) is 38.1 Å². The molecule has 0 saturated carbocycles. The van der Waals surface area contributed by atoms with E-state index in [0.717, 1.165) is 24.2 Å². The number of imidazole rings is 1. The average molecular weight is 698 g/mol. The lowest BCUT2D eigenvalue weighted by atomic mass is 10.0. The Kier molecular flexibility index (Phi) is 11.9. The molecule has 3 aromatic rings. The summed E-state index contributed by atoms with van der Waals surface area (Å²) in [5, 5.41) is 11.7. The van der Waals surface area contributed by atoms with Gasteiger partial charge in [0.15, 0.2) is 5.03 Å². The Morgan fingerprint density at radius 1 is 1.20 bits per heavy atom.